The number of carbonyl (C=O) groups is 1. The van der Waals surface area contributed by atoms with E-state index in [1.807, 2.05) is 30.3 Å². The normalized spacial score (nSPS) is 17.7. The van der Waals surface area contributed by atoms with Gasteiger partial charge in [0.25, 0.3) is 5.91 Å². The number of nitrogens with zero attached hydrogens (tertiary/aromatic N) is 1. The van der Waals surface area contributed by atoms with Crippen molar-refractivity contribution >= 4 is 5.91 Å². The first-order chi connectivity index (χ1) is 11.3. The molecule has 1 aliphatic heterocycles. The zero-order chi connectivity index (χ0) is 15.9. The number of rotatable bonds is 6. The molecule has 2 aromatic rings. The average molecular weight is 315 g/mol. The lowest BCUT2D eigenvalue weighted by Gasteiger charge is -2.19. The Kier molecular flexibility index (Phi) is 5.26. The van der Waals surface area contributed by atoms with Gasteiger partial charge in [-0.25, -0.2) is 4.98 Å². The zero-order valence-corrected chi connectivity index (χ0v) is 13.0. The molecule has 3 rings (SSSR count). The number of piperidine rings is 1. The minimum absolute atomic E-state index is 0.236. The fraction of sp³-hybridized carbons (Fsp3) is 0.412. The van der Waals surface area contributed by atoms with Gasteiger partial charge in [0.1, 0.15) is 18.6 Å². The standard InChI is InChI=1S/C17H21N3O3/c21-16(19-9-10-22-14-6-2-1-3-7-14)15-12-23-17(20-15)13-5-4-8-18-11-13/h1-3,6-7,12-13,18H,4-5,8-11H2,(H,19,21). The second-order valence-electron chi connectivity index (χ2n) is 5.53. The van der Waals surface area contributed by atoms with E-state index >= 15 is 0 Å². The highest BCUT2D eigenvalue weighted by Crippen LogP contribution is 2.22. The number of para-hydroxylation sites is 1. The van der Waals surface area contributed by atoms with Crippen molar-refractivity contribution in [2.45, 2.75) is 18.8 Å². The average Bonchev–Trinajstić information content (AvgIpc) is 3.10. The summed E-state index contributed by atoms with van der Waals surface area (Å²) >= 11 is 0. The second kappa shape index (κ2) is 7.78. The molecule has 1 aliphatic rings. The van der Waals surface area contributed by atoms with Crippen molar-refractivity contribution in [2.75, 3.05) is 26.2 Å². The molecule has 2 heterocycles. The minimum atomic E-state index is -0.236. The van der Waals surface area contributed by atoms with Gasteiger partial charge < -0.3 is 19.8 Å². The summed E-state index contributed by atoms with van der Waals surface area (Å²) in [6.07, 6.45) is 3.57. The Balaban J connectivity index is 1.44. The number of ether oxygens (including phenoxy) is 1. The van der Waals surface area contributed by atoms with Crippen molar-refractivity contribution < 1.29 is 13.9 Å². The van der Waals surface area contributed by atoms with Crippen molar-refractivity contribution in [3.8, 4) is 5.75 Å². The fourth-order valence-corrected chi connectivity index (χ4v) is 2.58. The van der Waals surface area contributed by atoms with Crippen molar-refractivity contribution in [2.24, 2.45) is 0 Å². The van der Waals surface area contributed by atoms with E-state index in [9.17, 15) is 4.79 Å². The second-order valence-corrected chi connectivity index (χ2v) is 5.53. The predicted octanol–water partition coefficient (Wildman–Crippen LogP) is 1.95. The molecule has 1 aromatic heterocycles. The van der Waals surface area contributed by atoms with E-state index in [4.69, 9.17) is 9.15 Å². The molecule has 1 fully saturated rings. The van der Waals surface area contributed by atoms with Gasteiger partial charge in [0.05, 0.1) is 6.54 Å². The summed E-state index contributed by atoms with van der Waals surface area (Å²) in [5, 5.41) is 6.10. The Bertz CT molecular complexity index is 621. The van der Waals surface area contributed by atoms with Crippen LogP contribution in [-0.2, 0) is 0 Å². The molecule has 0 radical (unpaired) electrons. The molecule has 0 bridgehead atoms. The third kappa shape index (κ3) is 4.32. The minimum Gasteiger partial charge on any atom is -0.492 e. The van der Waals surface area contributed by atoms with Gasteiger partial charge in [-0.1, -0.05) is 18.2 Å². The summed E-state index contributed by atoms with van der Waals surface area (Å²) in [5.41, 5.74) is 0.324. The quantitative estimate of drug-likeness (QED) is 0.797. The highest BCUT2D eigenvalue weighted by atomic mass is 16.5. The summed E-state index contributed by atoms with van der Waals surface area (Å²) in [5.74, 6) is 1.45. The topological polar surface area (TPSA) is 76.4 Å². The van der Waals surface area contributed by atoms with Crippen LogP contribution >= 0.6 is 0 Å². The largest absolute Gasteiger partial charge is 0.492 e. The molecule has 1 amide bonds. The van der Waals surface area contributed by atoms with Gasteiger partial charge in [-0.2, -0.15) is 0 Å². The summed E-state index contributed by atoms with van der Waals surface area (Å²) in [6.45, 7) is 2.71. The van der Waals surface area contributed by atoms with Crippen LogP contribution in [0.15, 0.2) is 41.0 Å². The number of hydrogen-bond acceptors (Lipinski definition) is 5. The first-order valence-electron chi connectivity index (χ1n) is 7.95. The molecule has 0 spiro atoms. The number of benzene rings is 1. The van der Waals surface area contributed by atoms with Crippen molar-refractivity contribution in [1.82, 2.24) is 15.6 Å². The lowest BCUT2D eigenvalue weighted by Crippen LogP contribution is -2.29. The van der Waals surface area contributed by atoms with Crippen molar-refractivity contribution in [3.63, 3.8) is 0 Å². The summed E-state index contributed by atoms with van der Waals surface area (Å²) in [7, 11) is 0. The third-order valence-corrected chi connectivity index (χ3v) is 3.80. The van der Waals surface area contributed by atoms with Crippen LogP contribution < -0.4 is 15.4 Å². The molecule has 6 heteroatoms. The molecule has 23 heavy (non-hydrogen) atoms. The Morgan fingerprint density at radius 2 is 2.26 bits per heavy atom. The molecular weight excluding hydrogens is 294 g/mol. The van der Waals surface area contributed by atoms with Gasteiger partial charge in [0.2, 0.25) is 0 Å². The van der Waals surface area contributed by atoms with Crippen LogP contribution in [0.1, 0.15) is 35.1 Å². The van der Waals surface area contributed by atoms with Gasteiger partial charge in [-0.05, 0) is 31.5 Å². The fourth-order valence-electron chi connectivity index (χ4n) is 2.58. The number of aromatic nitrogens is 1. The lowest BCUT2D eigenvalue weighted by atomic mass is 10.00. The van der Waals surface area contributed by atoms with E-state index in [1.165, 1.54) is 6.26 Å². The molecular formula is C17H21N3O3. The molecule has 0 saturated carbocycles. The van der Waals surface area contributed by atoms with Crippen LogP contribution in [0.5, 0.6) is 5.75 Å². The number of hydrogen-bond donors (Lipinski definition) is 2. The molecule has 0 aliphatic carbocycles. The maximum absolute atomic E-state index is 12.0. The van der Waals surface area contributed by atoms with E-state index in [-0.39, 0.29) is 11.8 Å². The van der Waals surface area contributed by atoms with E-state index in [2.05, 4.69) is 15.6 Å². The number of amides is 1. The first kappa shape index (κ1) is 15.6. The van der Waals surface area contributed by atoms with Crippen LogP contribution in [0, 0.1) is 0 Å². The molecule has 6 nitrogen and oxygen atoms in total. The maximum atomic E-state index is 12.0. The van der Waals surface area contributed by atoms with Crippen molar-refractivity contribution in [3.05, 3.63) is 48.2 Å². The number of carbonyl (C=O) groups excluding carboxylic acids is 1. The van der Waals surface area contributed by atoms with Crippen molar-refractivity contribution in [1.29, 1.82) is 0 Å². The Morgan fingerprint density at radius 3 is 3.04 bits per heavy atom. The number of nitrogens with one attached hydrogen (secondary N) is 2. The lowest BCUT2D eigenvalue weighted by molar-refractivity contribution is 0.0942. The van der Waals surface area contributed by atoms with Crippen LogP contribution in [-0.4, -0.2) is 37.1 Å². The van der Waals surface area contributed by atoms with Gasteiger partial charge in [0.15, 0.2) is 11.6 Å². The first-order valence-corrected chi connectivity index (χ1v) is 7.95. The van der Waals surface area contributed by atoms with Crippen LogP contribution in [0.25, 0.3) is 0 Å². The molecule has 1 unspecified atom stereocenters. The molecule has 2 N–H and O–H groups in total. The zero-order valence-electron chi connectivity index (χ0n) is 13.0. The molecule has 122 valence electrons. The smallest absolute Gasteiger partial charge is 0.273 e. The van der Waals surface area contributed by atoms with Crippen LogP contribution in [0.2, 0.25) is 0 Å². The Labute approximate surface area is 135 Å². The van der Waals surface area contributed by atoms with Crippen LogP contribution in [0.3, 0.4) is 0 Å². The van der Waals surface area contributed by atoms with Gasteiger partial charge in [0, 0.05) is 12.5 Å². The summed E-state index contributed by atoms with van der Waals surface area (Å²) < 4.78 is 11.0. The monoisotopic (exact) mass is 315 g/mol. The number of oxazole rings is 1. The SMILES string of the molecule is O=C(NCCOc1ccccc1)c1coc(C2CCCNC2)n1. The van der Waals surface area contributed by atoms with Crippen LogP contribution in [0.4, 0.5) is 0 Å². The van der Waals surface area contributed by atoms with Gasteiger partial charge in [-0.15, -0.1) is 0 Å². The van der Waals surface area contributed by atoms with E-state index < -0.39 is 0 Å². The van der Waals surface area contributed by atoms with Gasteiger partial charge >= 0.3 is 0 Å². The maximum Gasteiger partial charge on any atom is 0.273 e. The Hall–Kier alpha value is -2.34. The van der Waals surface area contributed by atoms with E-state index in [0.29, 0.717) is 24.7 Å². The Morgan fingerprint density at radius 1 is 1.39 bits per heavy atom. The van der Waals surface area contributed by atoms with E-state index in [0.717, 1.165) is 31.7 Å². The third-order valence-electron chi connectivity index (χ3n) is 3.80. The molecule has 1 atom stereocenters. The predicted molar refractivity (Wildman–Crippen MR) is 85.6 cm³/mol. The van der Waals surface area contributed by atoms with Gasteiger partial charge in [-0.3, -0.25) is 4.79 Å². The highest BCUT2D eigenvalue weighted by molar-refractivity contribution is 5.91. The highest BCUT2D eigenvalue weighted by Gasteiger charge is 2.21. The summed E-state index contributed by atoms with van der Waals surface area (Å²) in [6, 6.07) is 9.50. The van der Waals surface area contributed by atoms with E-state index in [1.54, 1.807) is 0 Å². The summed E-state index contributed by atoms with van der Waals surface area (Å²) in [4.78, 5) is 16.4. The molecule has 1 aromatic carbocycles. The molecule has 1 saturated heterocycles.